The lowest BCUT2D eigenvalue weighted by molar-refractivity contribution is -0.133. The molecular formula is C33H34N6O4. The maximum absolute atomic E-state index is 13.8. The number of hydrogen-bond acceptors (Lipinski definition) is 7. The second-order valence-corrected chi connectivity index (χ2v) is 11.5. The van der Waals surface area contributed by atoms with Gasteiger partial charge in [0.2, 0.25) is 11.8 Å². The average Bonchev–Trinajstić information content (AvgIpc) is 3.67. The van der Waals surface area contributed by atoms with Crippen LogP contribution in [-0.4, -0.2) is 61.1 Å². The maximum atomic E-state index is 13.8. The molecule has 10 heteroatoms. The number of likely N-dealkylation sites (tertiary alicyclic amines) is 1. The lowest BCUT2D eigenvalue weighted by Crippen LogP contribution is -2.44. The standard InChI is InChI=1S/C33H34N6O4/c1-22-10-16-28(39-21-34-36-37-39)25(20-22)13-17-29(40)38-19-18-27(23-8-6-5-7-9-23)30(38)31(41)35-26-14-11-24(12-15-26)32(42)43-33(2,3)4/h5-17,20-21,27,30H,18-19H2,1-4H3,(H,35,41)/b17-13+/t27-,30+/m0/s1. The third kappa shape index (κ3) is 7.03. The first-order chi connectivity index (χ1) is 20.6. The lowest BCUT2D eigenvalue weighted by Gasteiger charge is -2.27. The molecule has 0 unspecified atom stereocenters. The first-order valence-corrected chi connectivity index (χ1v) is 14.1. The van der Waals surface area contributed by atoms with Crippen molar-refractivity contribution in [2.45, 2.75) is 51.7 Å². The fourth-order valence-electron chi connectivity index (χ4n) is 5.20. The molecule has 3 aromatic carbocycles. The van der Waals surface area contributed by atoms with Crippen LogP contribution in [0.5, 0.6) is 0 Å². The molecule has 0 radical (unpaired) electrons. The van der Waals surface area contributed by atoms with Gasteiger partial charge < -0.3 is 15.0 Å². The SMILES string of the molecule is Cc1ccc(-n2cnnn2)c(/C=C/C(=O)N2CC[C@@H](c3ccccc3)[C@@H]2C(=O)Nc2ccc(C(=O)OC(C)(C)C)cc2)c1. The van der Waals surface area contributed by atoms with E-state index < -0.39 is 17.6 Å². The summed E-state index contributed by atoms with van der Waals surface area (Å²) in [5.41, 5.74) is 3.79. The highest BCUT2D eigenvalue weighted by Crippen LogP contribution is 2.35. The van der Waals surface area contributed by atoms with Crippen LogP contribution in [0.3, 0.4) is 0 Å². The fourth-order valence-corrected chi connectivity index (χ4v) is 5.20. The summed E-state index contributed by atoms with van der Waals surface area (Å²) < 4.78 is 6.97. The van der Waals surface area contributed by atoms with Crippen molar-refractivity contribution in [2.75, 3.05) is 11.9 Å². The van der Waals surface area contributed by atoms with Gasteiger partial charge in [-0.25, -0.2) is 4.79 Å². The minimum absolute atomic E-state index is 0.185. The van der Waals surface area contributed by atoms with Crippen LogP contribution < -0.4 is 5.32 Å². The van der Waals surface area contributed by atoms with E-state index in [9.17, 15) is 14.4 Å². The molecule has 2 atom stereocenters. The van der Waals surface area contributed by atoms with Crippen LogP contribution in [-0.2, 0) is 14.3 Å². The second kappa shape index (κ2) is 12.4. The summed E-state index contributed by atoms with van der Waals surface area (Å²) in [4.78, 5) is 41.5. The van der Waals surface area contributed by atoms with Crippen molar-refractivity contribution in [3.05, 3.63) is 107 Å². The molecular weight excluding hydrogens is 544 g/mol. The molecule has 4 aromatic rings. The van der Waals surface area contributed by atoms with Gasteiger partial charge in [0.05, 0.1) is 11.3 Å². The summed E-state index contributed by atoms with van der Waals surface area (Å²) >= 11 is 0. The van der Waals surface area contributed by atoms with Gasteiger partial charge in [-0.15, -0.1) is 5.10 Å². The zero-order valence-electron chi connectivity index (χ0n) is 24.6. The van der Waals surface area contributed by atoms with Gasteiger partial charge in [-0.05, 0) is 92.6 Å². The number of carbonyl (C=O) groups excluding carboxylic acids is 3. The molecule has 5 rings (SSSR count). The van der Waals surface area contributed by atoms with E-state index in [4.69, 9.17) is 4.74 Å². The quantitative estimate of drug-likeness (QED) is 0.243. The molecule has 0 spiro atoms. The van der Waals surface area contributed by atoms with Crippen molar-refractivity contribution in [2.24, 2.45) is 0 Å². The molecule has 1 aliphatic rings. The number of ether oxygens (including phenoxy) is 1. The highest BCUT2D eigenvalue weighted by atomic mass is 16.6. The van der Waals surface area contributed by atoms with E-state index >= 15 is 0 Å². The van der Waals surface area contributed by atoms with E-state index in [1.807, 2.05) is 55.5 Å². The average molecular weight is 579 g/mol. The van der Waals surface area contributed by atoms with Gasteiger partial charge in [0.25, 0.3) is 0 Å². The number of aromatic nitrogens is 4. The van der Waals surface area contributed by atoms with Crippen molar-refractivity contribution in [1.29, 1.82) is 0 Å². The highest BCUT2D eigenvalue weighted by Gasteiger charge is 2.42. The Kier molecular flexibility index (Phi) is 8.47. The van der Waals surface area contributed by atoms with Crippen molar-refractivity contribution in [3.8, 4) is 5.69 Å². The smallest absolute Gasteiger partial charge is 0.338 e. The summed E-state index contributed by atoms with van der Waals surface area (Å²) in [5.74, 6) is -1.20. The summed E-state index contributed by atoms with van der Waals surface area (Å²) in [6, 6.07) is 21.4. The molecule has 1 saturated heterocycles. The number of anilines is 1. The minimum atomic E-state index is -0.735. The molecule has 0 aliphatic carbocycles. The third-order valence-electron chi connectivity index (χ3n) is 7.15. The maximum Gasteiger partial charge on any atom is 0.338 e. The predicted molar refractivity (Wildman–Crippen MR) is 162 cm³/mol. The Balaban J connectivity index is 1.38. The normalized spacial score (nSPS) is 16.8. The number of esters is 1. The van der Waals surface area contributed by atoms with E-state index in [1.165, 1.54) is 17.1 Å². The number of nitrogens with zero attached hydrogens (tertiary/aromatic N) is 5. The number of benzene rings is 3. The molecule has 1 N–H and O–H groups in total. The summed E-state index contributed by atoms with van der Waals surface area (Å²) in [6.45, 7) is 7.81. The minimum Gasteiger partial charge on any atom is -0.456 e. The largest absolute Gasteiger partial charge is 0.456 e. The number of amides is 2. The summed E-state index contributed by atoms with van der Waals surface area (Å²) in [5, 5.41) is 14.4. The van der Waals surface area contributed by atoms with Crippen LogP contribution in [0, 0.1) is 6.92 Å². The number of nitrogens with one attached hydrogen (secondary N) is 1. The highest BCUT2D eigenvalue weighted by molar-refractivity contribution is 6.01. The van der Waals surface area contributed by atoms with Crippen molar-refractivity contribution < 1.29 is 19.1 Å². The van der Waals surface area contributed by atoms with Gasteiger partial charge in [0, 0.05) is 29.8 Å². The Labute approximate surface area is 250 Å². The van der Waals surface area contributed by atoms with Crippen LogP contribution in [0.25, 0.3) is 11.8 Å². The van der Waals surface area contributed by atoms with Crippen LogP contribution in [0.15, 0.2) is 85.2 Å². The van der Waals surface area contributed by atoms with Crippen LogP contribution in [0.2, 0.25) is 0 Å². The van der Waals surface area contributed by atoms with Gasteiger partial charge in [-0.2, -0.15) is 4.68 Å². The Morgan fingerprint density at radius 2 is 1.74 bits per heavy atom. The predicted octanol–water partition coefficient (Wildman–Crippen LogP) is 4.96. The van der Waals surface area contributed by atoms with E-state index in [-0.39, 0.29) is 17.7 Å². The molecule has 1 aromatic heterocycles. The summed E-state index contributed by atoms with van der Waals surface area (Å²) in [7, 11) is 0. The van der Waals surface area contributed by atoms with Crippen LogP contribution in [0.4, 0.5) is 5.69 Å². The Morgan fingerprint density at radius 1 is 1.00 bits per heavy atom. The Hall–Kier alpha value is -5.12. The number of aryl methyl sites for hydroxylation is 1. The molecule has 1 fully saturated rings. The number of tetrazole rings is 1. The van der Waals surface area contributed by atoms with Crippen LogP contribution in [0.1, 0.15) is 60.2 Å². The second-order valence-electron chi connectivity index (χ2n) is 11.5. The molecule has 43 heavy (non-hydrogen) atoms. The molecule has 2 heterocycles. The molecule has 2 amide bonds. The third-order valence-corrected chi connectivity index (χ3v) is 7.15. The van der Waals surface area contributed by atoms with Gasteiger partial charge in [0.15, 0.2) is 0 Å². The lowest BCUT2D eigenvalue weighted by atomic mass is 9.91. The number of hydrogen-bond donors (Lipinski definition) is 1. The number of carbonyl (C=O) groups is 3. The van der Waals surface area contributed by atoms with Gasteiger partial charge in [-0.1, -0.05) is 42.0 Å². The molecule has 0 saturated carbocycles. The Morgan fingerprint density at radius 3 is 2.42 bits per heavy atom. The molecule has 0 bridgehead atoms. The monoisotopic (exact) mass is 578 g/mol. The van der Waals surface area contributed by atoms with E-state index in [2.05, 4.69) is 20.8 Å². The molecule has 10 nitrogen and oxygen atoms in total. The first-order valence-electron chi connectivity index (χ1n) is 14.1. The molecule has 220 valence electrons. The van der Waals surface area contributed by atoms with E-state index in [0.29, 0.717) is 24.2 Å². The topological polar surface area (TPSA) is 119 Å². The fraction of sp³-hybridized carbons (Fsp3) is 0.273. The van der Waals surface area contributed by atoms with Gasteiger partial charge >= 0.3 is 5.97 Å². The van der Waals surface area contributed by atoms with E-state index in [0.717, 1.165) is 22.4 Å². The van der Waals surface area contributed by atoms with Crippen molar-refractivity contribution in [3.63, 3.8) is 0 Å². The molecule has 1 aliphatic heterocycles. The van der Waals surface area contributed by atoms with Crippen molar-refractivity contribution >= 4 is 29.5 Å². The van der Waals surface area contributed by atoms with E-state index in [1.54, 1.807) is 56.0 Å². The Bertz CT molecular complexity index is 1630. The van der Waals surface area contributed by atoms with Gasteiger partial charge in [0.1, 0.15) is 18.0 Å². The number of rotatable bonds is 7. The van der Waals surface area contributed by atoms with Crippen LogP contribution >= 0.6 is 0 Å². The van der Waals surface area contributed by atoms with Gasteiger partial charge in [-0.3, -0.25) is 9.59 Å². The first kappa shape index (κ1) is 29.4. The summed E-state index contributed by atoms with van der Waals surface area (Å²) in [6.07, 6.45) is 5.35. The van der Waals surface area contributed by atoms with Crippen molar-refractivity contribution in [1.82, 2.24) is 25.1 Å². The zero-order valence-corrected chi connectivity index (χ0v) is 24.6. The zero-order chi connectivity index (χ0) is 30.6.